The van der Waals surface area contributed by atoms with Gasteiger partial charge in [0, 0.05) is 5.56 Å². The number of para-hydroxylation sites is 1. The van der Waals surface area contributed by atoms with Gasteiger partial charge < -0.3 is 10.4 Å². The van der Waals surface area contributed by atoms with Crippen molar-refractivity contribution in [1.82, 2.24) is 4.68 Å². The van der Waals surface area contributed by atoms with Crippen molar-refractivity contribution in [2.45, 2.75) is 0 Å². The van der Waals surface area contributed by atoms with E-state index < -0.39 is 11.5 Å². The third kappa shape index (κ3) is 2.04. The van der Waals surface area contributed by atoms with Crippen LogP contribution in [0.1, 0.15) is 5.56 Å². The molecule has 2 N–H and O–H groups in total. The molecule has 1 aromatic heterocycles. The van der Waals surface area contributed by atoms with E-state index in [1.165, 1.54) is 0 Å². The number of benzene rings is 1. The van der Waals surface area contributed by atoms with E-state index in [-0.39, 0.29) is 14.7 Å². The second-order valence-electron chi connectivity index (χ2n) is 3.95. The largest absolute Gasteiger partial charge is 0.499 e. The van der Waals surface area contributed by atoms with E-state index in [0.29, 0.717) is 11.3 Å². The molecule has 0 radical (unpaired) electrons. The van der Waals surface area contributed by atoms with Crippen molar-refractivity contribution in [3.63, 3.8) is 0 Å². The highest BCUT2D eigenvalue weighted by atomic mass is 32.1. The maximum absolute atomic E-state index is 11.9. The van der Waals surface area contributed by atoms with Gasteiger partial charge in [-0.3, -0.25) is 9.59 Å². The first-order valence-corrected chi connectivity index (χ1v) is 6.74. The summed E-state index contributed by atoms with van der Waals surface area (Å²) < 4.78 is 0.996. The van der Waals surface area contributed by atoms with Gasteiger partial charge in [-0.15, -0.1) is 0 Å². The SMILES string of the molecule is O=C1Nc2ccccc2/C1=N/n1c(=O)cc(O)sc1=S. The number of amides is 1. The lowest BCUT2D eigenvalue weighted by molar-refractivity contribution is -0.110. The summed E-state index contributed by atoms with van der Waals surface area (Å²) >= 11 is 5.82. The number of hydrogen-bond donors (Lipinski definition) is 2. The van der Waals surface area contributed by atoms with Gasteiger partial charge in [-0.25, -0.2) is 0 Å². The van der Waals surface area contributed by atoms with Crippen molar-refractivity contribution in [3.05, 3.63) is 50.2 Å². The van der Waals surface area contributed by atoms with Crippen LogP contribution in [0.2, 0.25) is 0 Å². The summed E-state index contributed by atoms with van der Waals surface area (Å²) in [6.07, 6.45) is 0. The number of nitrogens with zero attached hydrogens (tertiary/aromatic N) is 2. The molecule has 1 aliphatic rings. The minimum Gasteiger partial charge on any atom is -0.499 e. The Morgan fingerprint density at radius 3 is 2.80 bits per heavy atom. The summed E-state index contributed by atoms with van der Waals surface area (Å²) in [6, 6.07) is 8.03. The Hall–Kier alpha value is -2.32. The van der Waals surface area contributed by atoms with Crippen LogP contribution in [0.15, 0.2) is 40.2 Å². The molecular weight excluding hydrogens is 298 g/mol. The zero-order chi connectivity index (χ0) is 14.3. The molecular formula is C12H7N3O3S2. The molecule has 0 saturated carbocycles. The van der Waals surface area contributed by atoms with E-state index in [2.05, 4.69) is 10.4 Å². The highest BCUT2D eigenvalue weighted by molar-refractivity contribution is 7.73. The van der Waals surface area contributed by atoms with Crippen LogP contribution in [0, 0.1) is 3.95 Å². The van der Waals surface area contributed by atoms with Crippen molar-refractivity contribution >= 4 is 40.9 Å². The molecule has 1 aromatic carbocycles. The molecule has 0 atom stereocenters. The Morgan fingerprint density at radius 1 is 1.30 bits per heavy atom. The van der Waals surface area contributed by atoms with Gasteiger partial charge in [-0.2, -0.15) is 9.78 Å². The highest BCUT2D eigenvalue weighted by Gasteiger charge is 2.26. The van der Waals surface area contributed by atoms with Gasteiger partial charge in [0.25, 0.3) is 11.5 Å². The fourth-order valence-electron chi connectivity index (χ4n) is 1.81. The van der Waals surface area contributed by atoms with Crippen molar-refractivity contribution in [3.8, 4) is 5.06 Å². The fourth-order valence-corrected chi connectivity index (χ4v) is 2.75. The predicted octanol–water partition coefficient (Wildman–Crippen LogP) is 1.55. The lowest BCUT2D eigenvalue weighted by atomic mass is 10.1. The number of aromatic hydroxyl groups is 1. The van der Waals surface area contributed by atoms with Crippen LogP contribution >= 0.6 is 23.6 Å². The molecule has 3 rings (SSSR count). The summed E-state index contributed by atoms with van der Waals surface area (Å²) in [6.45, 7) is 0. The lowest BCUT2D eigenvalue weighted by Crippen LogP contribution is -2.21. The number of rotatable bonds is 1. The monoisotopic (exact) mass is 305 g/mol. The van der Waals surface area contributed by atoms with E-state index in [0.717, 1.165) is 22.1 Å². The average molecular weight is 305 g/mol. The van der Waals surface area contributed by atoms with Gasteiger partial charge >= 0.3 is 0 Å². The molecule has 100 valence electrons. The van der Waals surface area contributed by atoms with E-state index in [9.17, 15) is 14.7 Å². The lowest BCUT2D eigenvalue weighted by Gasteiger charge is -2.00. The summed E-state index contributed by atoms with van der Waals surface area (Å²) in [5.74, 6) is -0.398. The van der Waals surface area contributed by atoms with Crippen LogP contribution in [-0.2, 0) is 4.79 Å². The standard InChI is InChI=1S/C12H7N3O3S2/c16-8-5-9(17)20-12(19)15(8)14-10-6-3-1-2-4-7(6)13-11(10)18/h1-5,17H,(H,13,14,18). The molecule has 1 amide bonds. The molecule has 0 aliphatic carbocycles. The minimum atomic E-state index is -0.587. The number of fused-ring (bicyclic) bond motifs is 1. The van der Waals surface area contributed by atoms with E-state index >= 15 is 0 Å². The van der Waals surface area contributed by atoms with Gasteiger partial charge in [0.1, 0.15) is 0 Å². The van der Waals surface area contributed by atoms with Gasteiger partial charge in [-0.1, -0.05) is 29.5 Å². The zero-order valence-electron chi connectivity index (χ0n) is 9.86. The van der Waals surface area contributed by atoms with Crippen LogP contribution < -0.4 is 10.9 Å². The van der Waals surface area contributed by atoms with E-state index in [1.807, 2.05) is 0 Å². The number of aromatic nitrogens is 1. The van der Waals surface area contributed by atoms with Crippen molar-refractivity contribution < 1.29 is 9.90 Å². The molecule has 0 saturated heterocycles. The molecule has 8 heteroatoms. The number of hydrogen-bond acceptors (Lipinski definition) is 6. The molecule has 2 heterocycles. The third-order valence-corrected chi connectivity index (χ3v) is 3.76. The third-order valence-electron chi connectivity index (χ3n) is 2.67. The highest BCUT2D eigenvalue weighted by Crippen LogP contribution is 2.23. The van der Waals surface area contributed by atoms with Gasteiger partial charge in [-0.05, 0) is 18.3 Å². The average Bonchev–Trinajstić information content (AvgIpc) is 2.69. The summed E-state index contributed by atoms with van der Waals surface area (Å²) in [4.78, 5) is 23.7. The maximum atomic E-state index is 11.9. The first-order valence-electron chi connectivity index (χ1n) is 5.52. The Bertz CT molecular complexity index is 835. The van der Waals surface area contributed by atoms with Crippen molar-refractivity contribution in [2.24, 2.45) is 5.10 Å². The molecule has 0 fully saturated rings. The Balaban J connectivity index is 2.22. The van der Waals surface area contributed by atoms with Gasteiger partial charge in [0.05, 0.1) is 11.8 Å². The molecule has 1 aliphatic heterocycles. The summed E-state index contributed by atoms with van der Waals surface area (Å²) in [5.41, 5.74) is 0.775. The first kappa shape index (κ1) is 12.7. The zero-order valence-corrected chi connectivity index (χ0v) is 11.5. The predicted molar refractivity (Wildman–Crippen MR) is 78.1 cm³/mol. The van der Waals surface area contributed by atoms with Crippen LogP contribution in [0.5, 0.6) is 5.06 Å². The number of nitrogens with one attached hydrogen (secondary N) is 1. The van der Waals surface area contributed by atoms with Crippen molar-refractivity contribution in [2.75, 3.05) is 5.32 Å². The number of carbonyl (C=O) groups excluding carboxylic acids is 1. The second kappa shape index (κ2) is 4.66. The van der Waals surface area contributed by atoms with Crippen LogP contribution in [0.25, 0.3) is 0 Å². The van der Waals surface area contributed by atoms with Crippen LogP contribution in [0.4, 0.5) is 5.69 Å². The smallest absolute Gasteiger partial charge is 0.277 e. The molecule has 6 nitrogen and oxygen atoms in total. The summed E-state index contributed by atoms with van der Waals surface area (Å²) in [7, 11) is 0. The topological polar surface area (TPSA) is 83.7 Å². The van der Waals surface area contributed by atoms with E-state index in [4.69, 9.17) is 12.2 Å². The van der Waals surface area contributed by atoms with Crippen LogP contribution in [-0.4, -0.2) is 21.4 Å². The molecule has 0 unspecified atom stereocenters. The van der Waals surface area contributed by atoms with Gasteiger partial charge in [0.15, 0.2) is 14.7 Å². The van der Waals surface area contributed by atoms with Crippen LogP contribution in [0.3, 0.4) is 0 Å². The Morgan fingerprint density at radius 2 is 2.05 bits per heavy atom. The Labute approximate surface area is 121 Å². The first-order chi connectivity index (χ1) is 9.56. The molecule has 0 bridgehead atoms. The quantitative estimate of drug-likeness (QED) is 0.783. The Kier molecular flexibility index (Phi) is 2.96. The van der Waals surface area contributed by atoms with E-state index in [1.54, 1.807) is 24.3 Å². The number of carbonyl (C=O) groups is 1. The molecule has 0 spiro atoms. The summed E-state index contributed by atoms with van der Waals surface area (Å²) in [5, 5.41) is 15.8. The maximum Gasteiger partial charge on any atom is 0.277 e. The fraction of sp³-hybridized carbons (Fsp3) is 0. The molecule has 2 aromatic rings. The second-order valence-corrected chi connectivity index (χ2v) is 5.60. The van der Waals surface area contributed by atoms with Gasteiger partial charge in [0.2, 0.25) is 0 Å². The minimum absolute atomic E-state index is 0.0691. The molecule has 20 heavy (non-hydrogen) atoms. The number of anilines is 1. The normalized spacial score (nSPS) is 15.2. The van der Waals surface area contributed by atoms with Crippen molar-refractivity contribution in [1.29, 1.82) is 0 Å².